The third-order valence-electron chi connectivity index (χ3n) is 2.57. The van der Waals surface area contributed by atoms with E-state index in [1.54, 1.807) is 18.3 Å². The molecule has 2 N–H and O–H groups in total. The van der Waals surface area contributed by atoms with Crippen molar-refractivity contribution in [1.82, 2.24) is 15.2 Å². The van der Waals surface area contributed by atoms with Gasteiger partial charge in [-0.3, -0.25) is 10.1 Å². The van der Waals surface area contributed by atoms with Crippen LogP contribution in [0.15, 0.2) is 42.6 Å². The van der Waals surface area contributed by atoms with E-state index < -0.39 is 0 Å². The van der Waals surface area contributed by atoms with Gasteiger partial charge in [-0.25, -0.2) is 0 Å². The van der Waals surface area contributed by atoms with Gasteiger partial charge in [-0.1, -0.05) is 6.07 Å². The van der Waals surface area contributed by atoms with Crippen LogP contribution in [-0.2, 0) is 0 Å². The predicted octanol–water partition coefficient (Wildman–Crippen LogP) is 2.57. The Morgan fingerprint density at radius 2 is 2.17 bits per heavy atom. The van der Waals surface area contributed by atoms with Crippen LogP contribution in [-0.4, -0.2) is 15.2 Å². The summed E-state index contributed by atoms with van der Waals surface area (Å²) in [4.78, 5) is 4.26. The van der Waals surface area contributed by atoms with Gasteiger partial charge in [0, 0.05) is 11.9 Å². The van der Waals surface area contributed by atoms with Crippen LogP contribution >= 0.6 is 0 Å². The maximum absolute atomic E-state index is 8.85. The molecule has 2 aromatic heterocycles. The molecule has 86 valence electrons. The molecule has 0 atom stereocenters. The van der Waals surface area contributed by atoms with Gasteiger partial charge in [-0.2, -0.15) is 10.4 Å². The number of pyridine rings is 1. The fraction of sp³-hybridized carbons (Fsp3) is 0. The zero-order valence-electron chi connectivity index (χ0n) is 9.38. The number of benzene rings is 1. The van der Waals surface area contributed by atoms with E-state index in [1.165, 1.54) is 0 Å². The van der Waals surface area contributed by atoms with Crippen molar-refractivity contribution in [3.05, 3.63) is 48.2 Å². The number of H-pyrrole nitrogens is 1. The van der Waals surface area contributed by atoms with Crippen LogP contribution in [0, 0.1) is 11.3 Å². The van der Waals surface area contributed by atoms with Crippen LogP contribution in [0.2, 0.25) is 0 Å². The highest BCUT2D eigenvalue weighted by Crippen LogP contribution is 2.21. The van der Waals surface area contributed by atoms with Crippen molar-refractivity contribution in [2.45, 2.75) is 0 Å². The second kappa shape index (κ2) is 4.18. The zero-order chi connectivity index (χ0) is 12.4. The lowest BCUT2D eigenvalue weighted by Crippen LogP contribution is -1.92. The molecular weight excluding hydrogens is 226 g/mol. The van der Waals surface area contributed by atoms with Gasteiger partial charge in [0.25, 0.3) is 0 Å². The average molecular weight is 235 g/mol. The summed E-state index contributed by atoms with van der Waals surface area (Å²) in [5, 5.41) is 19.1. The molecule has 0 spiro atoms. The highest BCUT2D eigenvalue weighted by Gasteiger charge is 2.06. The van der Waals surface area contributed by atoms with E-state index >= 15 is 0 Å². The van der Waals surface area contributed by atoms with Gasteiger partial charge in [0.15, 0.2) is 5.82 Å². The van der Waals surface area contributed by atoms with Crippen LogP contribution in [0.25, 0.3) is 11.0 Å². The van der Waals surface area contributed by atoms with E-state index in [1.807, 2.05) is 24.3 Å². The Labute approximate surface area is 103 Å². The van der Waals surface area contributed by atoms with Crippen LogP contribution in [0.1, 0.15) is 5.56 Å². The third-order valence-corrected chi connectivity index (χ3v) is 2.57. The largest absolute Gasteiger partial charge is 0.337 e. The molecule has 0 unspecified atom stereocenters. The Hall–Kier alpha value is -2.87. The second-order valence-corrected chi connectivity index (χ2v) is 3.79. The first kappa shape index (κ1) is 10.3. The standard InChI is InChI=1S/C13H9N5/c14-8-9-3-1-4-10(7-9)16-13-12-11(17-18-13)5-2-6-15-12/h1-7H,(H2,16,17,18). The summed E-state index contributed by atoms with van der Waals surface area (Å²) in [5.74, 6) is 0.653. The first-order valence-electron chi connectivity index (χ1n) is 5.43. The van der Waals surface area contributed by atoms with Gasteiger partial charge in [0.1, 0.15) is 5.52 Å². The van der Waals surface area contributed by atoms with Crippen LogP contribution in [0.3, 0.4) is 0 Å². The molecule has 2 heterocycles. The molecule has 0 aliphatic heterocycles. The molecule has 18 heavy (non-hydrogen) atoms. The number of rotatable bonds is 2. The monoisotopic (exact) mass is 235 g/mol. The van der Waals surface area contributed by atoms with Crippen LogP contribution < -0.4 is 5.32 Å². The number of nitriles is 1. The summed E-state index contributed by atoms with van der Waals surface area (Å²) >= 11 is 0. The summed E-state index contributed by atoms with van der Waals surface area (Å²) in [5.41, 5.74) is 3.07. The fourth-order valence-corrected chi connectivity index (χ4v) is 1.74. The Kier molecular flexibility index (Phi) is 2.39. The molecule has 0 saturated carbocycles. The first-order valence-corrected chi connectivity index (χ1v) is 5.43. The number of nitrogens with one attached hydrogen (secondary N) is 2. The topological polar surface area (TPSA) is 77.4 Å². The molecule has 0 fully saturated rings. The van der Waals surface area contributed by atoms with Gasteiger partial charge in [0.2, 0.25) is 0 Å². The molecular formula is C13H9N5. The summed E-state index contributed by atoms with van der Waals surface area (Å²) in [6.45, 7) is 0. The highest BCUT2D eigenvalue weighted by atomic mass is 15.2. The van der Waals surface area contributed by atoms with Gasteiger partial charge >= 0.3 is 0 Å². The second-order valence-electron chi connectivity index (χ2n) is 3.79. The molecule has 0 aliphatic rings. The van der Waals surface area contributed by atoms with Crippen molar-refractivity contribution in [1.29, 1.82) is 5.26 Å². The molecule has 3 aromatic rings. The van der Waals surface area contributed by atoms with Crippen molar-refractivity contribution < 1.29 is 0 Å². The Morgan fingerprint density at radius 3 is 3.06 bits per heavy atom. The summed E-state index contributed by atoms with van der Waals surface area (Å²) < 4.78 is 0. The summed E-state index contributed by atoms with van der Waals surface area (Å²) in [6.07, 6.45) is 1.72. The number of fused-ring (bicyclic) bond motifs is 1. The molecule has 1 aromatic carbocycles. The normalized spacial score (nSPS) is 10.2. The van der Waals surface area contributed by atoms with Gasteiger partial charge in [-0.15, -0.1) is 0 Å². The van der Waals surface area contributed by atoms with Crippen molar-refractivity contribution >= 4 is 22.5 Å². The smallest absolute Gasteiger partial charge is 0.178 e. The minimum Gasteiger partial charge on any atom is -0.337 e. The van der Waals surface area contributed by atoms with Gasteiger partial charge in [0.05, 0.1) is 17.1 Å². The highest BCUT2D eigenvalue weighted by molar-refractivity contribution is 5.87. The van der Waals surface area contributed by atoms with Crippen molar-refractivity contribution in [2.75, 3.05) is 5.32 Å². The van der Waals surface area contributed by atoms with Crippen molar-refractivity contribution in [2.24, 2.45) is 0 Å². The zero-order valence-corrected chi connectivity index (χ0v) is 9.38. The van der Waals surface area contributed by atoms with Crippen LogP contribution in [0.4, 0.5) is 11.5 Å². The van der Waals surface area contributed by atoms with Crippen LogP contribution in [0.5, 0.6) is 0 Å². The SMILES string of the molecule is N#Cc1cccc(Nc2n[nH]c3cccnc23)c1. The lowest BCUT2D eigenvalue weighted by atomic mass is 10.2. The molecule has 0 saturated heterocycles. The molecule has 0 amide bonds. The Morgan fingerprint density at radius 1 is 1.22 bits per heavy atom. The molecule has 0 aliphatic carbocycles. The van der Waals surface area contributed by atoms with E-state index in [0.717, 1.165) is 16.7 Å². The van der Waals surface area contributed by atoms with E-state index in [9.17, 15) is 0 Å². The maximum Gasteiger partial charge on any atom is 0.178 e. The molecule has 0 radical (unpaired) electrons. The minimum absolute atomic E-state index is 0.604. The third kappa shape index (κ3) is 1.76. The van der Waals surface area contributed by atoms with Gasteiger partial charge < -0.3 is 5.32 Å². The molecule has 5 heteroatoms. The first-order chi connectivity index (χ1) is 8.86. The number of aromatic amines is 1. The van der Waals surface area contributed by atoms with Crippen molar-refractivity contribution in [3.8, 4) is 6.07 Å². The van der Waals surface area contributed by atoms with Gasteiger partial charge in [-0.05, 0) is 30.3 Å². The average Bonchev–Trinajstić information content (AvgIpc) is 2.83. The molecule has 5 nitrogen and oxygen atoms in total. The lowest BCUT2D eigenvalue weighted by Gasteiger charge is -2.02. The van der Waals surface area contributed by atoms with E-state index in [2.05, 4.69) is 26.6 Å². The van der Waals surface area contributed by atoms with Crippen molar-refractivity contribution in [3.63, 3.8) is 0 Å². The van der Waals surface area contributed by atoms with E-state index in [0.29, 0.717) is 11.4 Å². The maximum atomic E-state index is 8.85. The van der Waals surface area contributed by atoms with E-state index in [4.69, 9.17) is 5.26 Å². The number of aromatic nitrogens is 3. The summed E-state index contributed by atoms with van der Waals surface area (Å²) in [7, 11) is 0. The minimum atomic E-state index is 0.604. The number of anilines is 2. The fourth-order valence-electron chi connectivity index (χ4n) is 1.74. The lowest BCUT2D eigenvalue weighted by molar-refractivity contribution is 1.12. The van der Waals surface area contributed by atoms with E-state index in [-0.39, 0.29) is 0 Å². The molecule has 0 bridgehead atoms. The number of hydrogen-bond acceptors (Lipinski definition) is 4. The predicted molar refractivity (Wildman–Crippen MR) is 68.3 cm³/mol. The quantitative estimate of drug-likeness (QED) is 0.715. The Bertz CT molecular complexity index is 738. The number of nitrogens with zero attached hydrogens (tertiary/aromatic N) is 3. The molecule has 3 rings (SSSR count). The Balaban J connectivity index is 1.99. The number of hydrogen-bond donors (Lipinski definition) is 2. The summed E-state index contributed by atoms with van der Waals surface area (Å²) in [6, 6.07) is 13.1.